The minimum absolute atomic E-state index is 0.0133. The topological polar surface area (TPSA) is 97.6 Å². The largest absolute Gasteiger partial charge is 0.497 e. The molecule has 3 aromatic rings. The summed E-state index contributed by atoms with van der Waals surface area (Å²) < 4.78 is 10.8. The van der Waals surface area contributed by atoms with E-state index in [1.165, 1.54) is 0 Å². The Kier molecular flexibility index (Phi) is 7.06. The van der Waals surface area contributed by atoms with Crippen LogP contribution in [0.1, 0.15) is 31.1 Å². The number of benzene rings is 2. The van der Waals surface area contributed by atoms with Crippen molar-refractivity contribution in [3.63, 3.8) is 0 Å². The Labute approximate surface area is 190 Å². The van der Waals surface area contributed by atoms with Crippen LogP contribution in [0.4, 0.5) is 11.7 Å². The Hall–Kier alpha value is -3.33. The number of para-hydroxylation sites is 1. The van der Waals surface area contributed by atoms with E-state index >= 15 is 0 Å². The van der Waals surface area contributed by atoms with Crippen molar-refractivity contribution < 1.29 is 18.7 Å². The highest BCUT2D eigenvalue weighted by atomic mass is 32.2. The van der Waals surface area contributed by atoms with Gasteiger partial charge < -0.3 is 14.1 Å². The van der Waals surface area contributed by atoms with Gasteiger partial charge in [-0.05, 0) is 48.6 Å². The molecule has 8 nitrogen and oxygen atoms in total. The molecule has 1 unspecified atom stereocenters. The number of anilines is 2. The average Bonchev–Trinajstić information content (AvgIpc) is 3.44. The third-order valence-electron chi connectivity index (χ3n) is 5.11. The van der Waals surface area contributed by atoms with Gasteiger partial charge in [-0.3, -0.25) is 14.9 Å². The first-order valence-electron chi connectivity index (χ1n) is 10.4. The maximum absolute atomic E-state index is 12.4. The van der Waals surface area contributed by atoms with Crippen molar-refractivity contribution in [1.29, 1.82) is 0 Å². The van der Waals surface area contributed by atoms with E-state index in [4.69, 9.17) is 9.15 Å². The van der Waals surface area contributed by atoms with Crippen molar-refractivity contribution >= 4 is 35.3 Å². The predicted octanol–water partition coefficient (Wildman–Crippen LogP) is 4.11. The smallest absolute Gasteiger partial charge is 0.322 e. The lowest BCUT2D eigenvalue weighted by molar-refractivity contribution is -0.117. The number of thioether (sulfide) groups is 1. The normalized spacial score (nSPS) is 15.7. The molecular weight excluding hydrogens is 428 g/mol. The molecule has 32 heavy (non-hydrogen) atoms. The van der Waals surface area contributed by atoms with Crippen molar-refractivity contribution in [3.8, 4) is 5.75 Å². The van der Waals surface area contributed by atoms with E-state index in [1.807, 2.05) is 54.6 Å². The Morgan fingerprint density at radius 2 is 1.97 bits per heavy atom. The number of ether oxygens (including phenoxy) is 1. The standard InChI is InChI=1S/C23H24N4O4S/c1-30-18-9-11-19(12-10-18)32-13-5-8-20(28)24-23-26-25-22(31-23)16-14-21(29)27(15-16)17-6-3-2-4-7-17/h2-4,6-7,9-12,16H,5,8,13-15H2,1H3,(H,24,26,28). The summed E-state index contributed by atoms with van der Waals surface area (Å²) in [7, 11) is 1.64. The summed E-state index contributed by atoms with van der Waals surface area (Å²) in [5.41, 5.74) is 0.848. The molecule has 1 fully saturated rings. The highest BCUT2D eigenvalue weighted by Gasteiger charge is 2.35. The van der Waals surface area contributed by atoms with Gasteiger partial charge in [0.1, 0.15) is 5.75 Å². The second kappa shape index (κ2) is 10.3. The van der Waals surface area contributed by atoms with Crippen molar-refractivity contribution in [3.05, 3.63) is 60.5 Å². The van der Waals surface area contributed by atoms with E-state index in [0.29, 0.717) is 31.7 Å². The van der Waals surface area contributed by atoms with Gasteiger partial charge >= 0.3 is 6.01 Å². The Balaban J connectivity index is 1.22. The lowest BCUT2D eigenvalue weighted by Gasteiger charge is -2.15. The molecule has 1 saturated heterocycles. The van der Waals surface area contributed by atoms with Crippen LogP contribution in [-0.2, 0) is 9.59 Å². The van der Waals surface area contributed by atoms with Gasteiger partial charge in [0.25, 0.3) is 0 Å². The lowest BCUT2D eigenvalue weighted by Crippen LogP contribution is -2.24. The number of carbonyl (C=O) groups is 2. The number of aromatic nitrogens is 2. The van der Waals surface area contributed by atoms with Crippen LogP contribution >= 0.6 is 11.8 Å². The number of methoxy groups -OCH3 is 1. The molecule has 0 aliphatic carbocycles. The number of hydrogen-bond acceptors (Lipinski definition) is 7. The summed E-state index contributed by atoms with van der Waals surface area (Å²) in [5.74, 6) is 1.64. The fourth-order valence-corrected chi connectivity index (χ4v) is 4.31. The van der Waals surface area contributed by atoms with Gasteiger partial charge in [-0.15, -0.1) is 16.9 Å². The van der Waals surface area contributed by atoms with Gasteiger partial charge in [-0.1, -0.05) is 23.3 Å². The number of amides is 2. The number of nitrogens with zero attached hydrogens (tertiary/aromatic N) is 3. The number of hydrogen-bond donors (Lipinski definition) is 1. The molecular formula is C23H24N4O4S. The first-order valence-corrected chi connectivity index (χ1v) is 11.4. The van der Waals surface area contributed by atoms with Crippen LogP contribution in [0.5, 0.6) is 5.75 Å². The fourth-order valence-electron chi connectivity index (χ4n) is 3.46. The third kappa shape index (κ3) is 5.47. The Morgan fingerprint density at radius 3 is 2.72 bits per heavy atom. The molecule has 2 heterocycles. The van der Waals surface area contributed by atoms with E-state index in [1.54, 1.807) is 23.8 Å². The minimum atomic E-state index is -0.193. The summed E-state index contributed by atoms with van der Waals surface area (Å²) in [6, 6.07) is 17.4. The van der Waals surface area contributed by atoms with Crippen LogP contribution in [0.3, 0.4) is 0 Å². The van der Waals surface area contributed by atoms with E-state index in [2.05, 4.69) is 15.5 Å². The summed E-state index contributed by atoms with van der Waals surface area (Å²) in [6.07, 6.45) is 1.37. The molecule has 0 bridgehead atoms. The fraction of sp³-hybridized carbons (Fsp3) is 0.304. The maximum atomic E-state index is 12.4. The summed E-state index contributed by atoms with van der Waals surface area (Å²) in [6.45, 7) is 0.473. The van der Waals surface area contributed by atoms with Crippen molar-refractivity contribution in [1.82, 2.24) is 10.2 Å². The summed E-state index contributed by atoms with van der Waals surface area (Å²) >= 11 is 1.68. The van der Waals surface area contributed by atoms with Crippen molar-refractivity contribution in [2.75, 3.05) is 29.6 Å². The molecule has 4 rings (SSSR count). The molecule has 166 valence electrons. The minimum Gasteiger partial charge on any atom is -0.497 e. The molecule has 2 aromatic carbocycles. The number of rotatable bonds is 9. The zero-order chi connectivity index (χ0) is 22.3. The molecule has 1 N–H and O–H groups in total. The molecule has 0 saturated carbocycles. The van der Waals surface area contributed by atoms with Crippen molar-refractivity contribution in [2.24, 2.45) is 0 Å². The Bertz CT molecular complexity index is 1060. The SMILES string of the molecule is COc1ccc(SCCCC(=O)Nc2nnc(C3CC(=O)N(c4ccccc4)C3)o2)cc1. The number of nitrogens with one attached hydrogen (secondary N) is 1. The van der Waals surface area contributed by atoms with Gasteiger partial charge in [0, 0.05) is 30.0 Å². The van der Waals surface area contributed by atoms with E-state index < -0.39 is 0 Å². The summed E-state index contributed by atoms with van der Waals surface area (Å²) in [4.78, 5) is 27.4. The maximum Gasteiger partial charge on any atom is 0.322 e. The quantitative estimate of drug-likeness (QED) is 0.385. The van der Waals surface area contributed by atoms with E-state index in [0.717, 1.165) is 22.1 Å². The average molecular weight is 453 g/mol. The molecule has 0 radical (unpaired) electrons. The van der Waals surface area contributed by atoms with Crippen LogP contribution in [0.25, 0.3) is 0 Å². The molecule has 0 spiro atoms. The molecule has 1 aromatic heterocycles. The molecule has 1 atom stereocenters. The van der Waals surface area contributed by atoms with Crippen LogP contribution in [0.15, 0.2) is 63.9 Å². The van der Waals surface area contributed by atoms with Crippen LogP contribution in [0.2, 0.25) is 0 Å². The van der Waals surface area contributed by atoms with Gasteiger partial charge in [0.2, 0.25) is 17.7 Å². The monoisotopic (exact) mass is 452 g/mol. The highest BCUT2D eigenvalue weighted by molar-refractivity contribution is 7.99. The van der Waals surface area contributed by atoms with Crippen LogP contribution in [0, 0.1) is 0 Å². The van der Waals surface area contributed by atoms with Gasteiger partial charge in [0.15, 0.2) is 0 Å². The third-order valence-corrected chi connectivity index (χ3v) is 6.20. The zero-order valence-electron chi connectivity index (χ0n) is 17.7. The highest BCUT2D eigenvalue weighted by Crippen LogP contribution is 2.31. The van der Waals surface area contributed by atoms with E-state index in [9.17, 15) is 9.59 Å². The van der Waals surface area contributed by atoms with E-state index in [-0.39, 0.29) is 23.7 Å². The van der Waals surface area contributed by atoms with Crippen LogP contribution in [-0.4, -0.2) is 41.4 Å². The molecule has 9 heteroatoms. The van der Waals surface area contributed by atoms with Crippen molar-refractivity contribution in [2.45, 2.75) is 30.1 Å². The predicted molar refractivity (Wildman–Crippen MR) is 122 cm³/mol. The first kappa shape index (κ1) is 21.9. The second-order valence-corrected chi connectivity index (χ2v) is 8.53. The lowest BCUT2D eigenvalue weighted by atomic mass is 10.1. The van der Waals surface area contributed by atoms with Gasteiger partial charge in [-0.25, -0.2) is 0 Å². The van der Waals surface area contributed by atoms with Crippen LogP contribution < -0.4 is 15.0 Å². The first-order chi connectivity index (χ1) is 15.6. The zero-order valence-corrected chi connectivity index (χ0v) is 18.5. The van der Waals surface area contributed by atoms with Gasteiger partial charge in [0.05, 0.1) is 13.0 Å². The number of carbonyl (C=O) groups excluding carboxylic acids is 2. The molecule has 2 amide bonds. The molecule has 1 aliphatic heterocycles. The molecule has 1 aliphatic rings. The van der Waals surface area contributed by atoms with Gasteiger partial charge in [-0.2, -0.15) is 0 Å². The Morgan fingerprint density at radius 1 is 1.19 bits per heavy atom. The summed E-state index contributed by atoms with van der Waals surface area (Å²) in [5, 5.41) is 10.6. The second-order valence-electron chi connectivity index (χ2n) is 7.36.